The monoisotopic (exact) mass is 1260 g/mol. The van der Waals surface area contributed by atoms with Crippen molar-refractivity contribution >= 4 is 52.8 Å². The highest BCUT2D eigenvalue weighted by Crippen LogP contribution is 2.66. The van der Waals surface area contributed by atoms with Gasteiger partial charge in [0.25, 0.3) is 17.0 Å². The maximum atomic E-state index is 15.0. The van der Waals surface area contributed by atoms with Crippen LogP contribution in [-0.4, -0.2) is 169 Å². The number of alkyl halides is 3. The average molecular weight is 1260 g/mol. The smallest absolute Gasteiger partial charge is 0.387 e. The lowest BCUT2D eigenvalue weighted by atomic mass is 9.98. The summed E-state index contributed by atoms with van der Waals surface area (Å²) in [5.74, 6) is -0.628. The molecule has 2 aromatic heterocycles. The Morgan fingerprint density at radius 3 is 1.27 bits per heavy atom. The van der Waals surface area contributed by atoms with E-state index in [1.54, 1.807) is 0 Å². The lowest BCUT2D eigenvalue weighted by molar-refractivity contribution is -0.119. The quantitative estimate of drug-likeness (QED) is 0.0659. The number of carbonyl (C=O) groups is 1. The van der Waals surface area contributed by atoms with E-state index in [9.17, 15) is 85.3 Å². The maximum Gasteiger partial charge on any atom is 0.490 e. The van der Waals surface area contributed by atoms with E-state index < -0.39 is 167 Å². The number of nitrogens with zero attached hydrogens (tertiary/aromatic N) is 3. The molecule has 0 aliphatic carbocycles. The summed E-state index contributed by atoms with van der Waals surface area (Å²) < 4.78 is 151. The van der Waals surface area contributed by atoms with Gasteiger partial charge in [0.05, 0.1) is 19.8 Å². The molecule has 4 aliphatic rings. The molecule has 6 heterocycles. The second kappa shape index (κ2) is 24.5. The Labute approximate surface area is 430 Å². The summed E-state index contributed by atoms with van der Waals surface area (Å²) in [4.78, 5) is 140. The fourth-order valence-corrected chi connectivity index (χ4v) is 11.9. The van der Waals surface area contributed by atoms with Gasteiger partial charge in [0.2, 0.25) is 0 Å². The van der Waals surface area contributed by atoms with Crippen LogP contribution < -0.4 is 27.8 Å². The number of rotatable bonds is 18. The largest absolute Gasteiger partial charge is 0.490 e. The number of H-pyrrole nitrogens is 2. The normalized spacial score (nSPS) is 32.7. The van der Waals surface area contributed by atoms with E-state index in [2.05, 4.69) is 38.4 Å². The van der Waals surface area contributed by atoms with Gasteiger partial charge in [-0.25, -0.2) is 50.2 Å². The van der Waals surface area contributed by atoms with Crippen molar-refractivity contribution in [2.45, 2.75) is 93.1 Å². The highest BCUT2D eigenvalue weighted by molar-refractivity contribution is 7.66. The fourth-order valence-electron chi connectivity index (χ4n) is 6.95. The van der Waals surface area contributed by atoms with Crippen molar-refractivity contribution in [2.24, 2.45) is 0 Å². The van der Waals surface area contributed by atoms with Gasteiger partial charge in [0.1, 0.15) is 42.4 Å². The third-order valence-corrected chi connectivity index (χ3v) is 16.9. The summed E-state index contributed by atoms with van der Waals surface area (Å²) in [6.45, 7) is 3.44. The number of aromatic amines is 2. The first-order valence-corrected chi connectivity index (χ1v) is 29.7. The van der Waals surface area contributed by atoms with Crippen molar-refractivity contribution < 1.29 is 145 Å². The Balaban J connectivity index is 0.000000255. The molecule has 0 aromatic carbocycles. The first-order chi connectivity index (χ1) is 35.2. The minimum absolute atomic E-state index is 0.0860. The molecule has 6 rings (SSSR count). The van der Waals surface area contributed by atoms with Gasteiger partial charge in [0, 0.05) is 36.8 Å². The third-order valence-electron chi connectivity index (χ3n) is 10.4. The van der Waals surface area contributed by atoms with Crippen molar-refractivity contribution in [3.8, 4) is 0 Å². The summed E-state index contributed by atoms with van der Waals surface area (Å²) in [7, 11) is -32.2. The number of hydrogen-bond donors (Lipinski definition) is 15. The third kappa shape index (κ3) is 18.0. The molecule has 4 aliphatic heterocycles. The van der Waals surface area contributed by atoms with E-state index >= 15 is 4.39 Å². The number of hydrogen-bond acceptors (Lipinski definition) is 24. The van der Waals surface area contributed by atoms with Crippen LogP contribution >= 0.6 is 46.9 Å². The van der Waals surface area contributed by atoms with Crippen molar-refractivity contribution in [2.75, 3.05) is 19.8 Å². The Morgan fingerprint density at radius 2 is 0.910 bits per heavy atom. The first kappa shape index (κ1) is 66.9. The van der Waals surface area contributed by atoms with E-state index in [0.29, 0.717) is 4.57 Å². The van der Waals surface area contributed by atoms with Crippen LogP contribution in [0.3, 0.4) is 0 Å². The lowest BCUT2D eigenvalue weighted by Crippen LogP contribution is -2.51. The second-order valence-corrected chi connectivity index (χ2v) is 25.1. The van der Waals surface area contributed by atoms with Crippen molar-refractivity contribution in [1.82, 2.24) is 29.3 Å². The Bertz CT molecular complexity index is 3120. The Hall–Kier alpha value is -3.56. The minimum atomic E-state index is -5.73. The minimum Gasteiger partial charge on any atom is -0.387 e. The van der Waals surface area contributed by atoms with Gasteiger partial charge in [-0.2, -0.15) is 12.9 Å². The molecule has 38 nitrogen and oxygen atoms in total. The summed E-state index contributed by atoms with van der Waals surface area (Å²) in [5, 5.41) is 32.3. The first-order valence-electron chi connectivity index (χ1n) is 20.6. The standard InChI is InChI=1S/C11H18FN2O13P3.C10H15FN2O11P2.C10H14FN2O8P/c1-6-13-8(15)3-4-14(6)10-11(2,12)9(16)7(25-10)5-24-29(20,21)27-30(22,23)26-28(17,18)19;1-10(11)7(15)5(4-22-26(20,21)24-25(17,18)19)23-8(10)13-3-2-6(14)12-9(13)16;1-10(11)7(15)5(4-20-22(17,18)19)21-8(10)13-3-2-6(14)12-9(13)16/h3-4,7,9-10,16H,1,5H2,2H3,(H,13,15)(H,20,21)(H,22,23)(H2,17,18,19);2-3,5,7-8,15H,4H2,1H3,(H,20,21)(H,12,14,16)(H2,17,18,19);2-3,5,7-8,15H,4H2,1H3,(H,12,14,16)(H2,17,18,19)/t7-,9-,10-,11-;2*5-,7-,8-,10-/m111/s1. The molecule has 15 N–H and O–H groups in total. The number of phosphoric acid groups is 6. The summed E-state index contributed by atoms with van der Waals surface area (Å²) in [6, 6.07) is 1.87. The van der Waals surface area contributed by atoms with Gasteiger partial charge in [0.15, 0.2) is 35.7 Å². The summed E-state index contributed by atoms with van der Waals surface area (Å²) in [6.07, 6.45) is -11.2. The number of aliphatic hydroxyl groups excluding tert-OH is 3. The number of aliphatic hydroxyl groups is 3. The Kier molecular flexibility index (Phi) is 21.0. The van der Waals surface area contributed by atoms with Crippen LogP contribution in [0, 0.1) is 0 Å². The molecule has 0 bridgehead atoms. The molecule has 0 saturated carbocycles. The number of nitrogens with one attached hydrogen (secondary N) is 3. The number of amides is 1. The van der Waals surface area contributed by atoms with E-state index in [4.69, 9.17) is 48.5 Å². The predicted molar refractivity (Wildman–Crippen MR) is 241 cm³/mol. The van der Waals surface area contributed by atoms with Gasteiger partial charge >= 0.3 is 58.3 Å². The molecular weight excluding hydrogens is 1210 g/mol. The van der Waals surface area contributed by atoms with Crippen LogP contribution in [0.1, 0.15) is 33.2 Å². The van der Waals surface area contributed by atoms with Gasteiger partial charge in [-0.1, -0.05) is 6.58 Å². The van der Waals surface area contributed by atoms with E-state index in [1.165, 1.54) is 0 Å². The molecule has 15 atom stereocenters. The van der Waals surface area contributed by atoms with Crippen LogP contribution in [0.4, 0.5) is 13.2 Å². The zero-order valence-corrected chi connectivity index (χ0v) is 44.5. The van der Waals surface area contributed by atoms with Crippen LogP contribution in [0.2, 0.25) is 0 Å². The molecule has 47 heteroatoms. The number of carbonyl (C=O) groups excluding carboxylic acids is 1. The number of ether oxygens (including phenoxy) is 3. The molecule has 0 radical (unpaired) electrons. The molecular formula is C31H47F3N6O32P6. The van der Waals surface area contributed by atoms with E-state index in [-0.39, 0.29) is 5.82 Å². The van der Waals surface area contributed by atoms with Crippen LogP contribution in [0.15, 0.2) is 68.4 Å². The topological polar surface area (TPSA) is 570 Å². The average Bonchev–Trinajstić information content (AvgIpc) is 3.72. The molecule has 3 unspecified atom stereocenters. The van der Waals surface area contributed by atoms with Crippen LogP contribution in [0.25, 0.3) is 0 Å². The van der Waals surface area contributed by atoms with Gasteiger partial charge < -0.3 is 83.8 Å². The number of halogens is 3. The van der Waals surface area contributed by atoms with Crippen molar-refractivity contribution in [1.29, 1.82) is 0 Å². The molecule has 78 heavy (non-hydrogen) atoms. The number of phosphoric ester groups is 3. The zero-order valence-electron chi connectivity index (χ0n) is 39.2. The van der Waals surface area contributed by atoms with Crippen molar-refractivity contribution in [3.05, 3.63) is 90.9 Å². The fraction of sp³-hybridized carbons (Fsp3) is 0.581. The SMILES string of the molecule is C=C1NC(=O)C=CN1[C@@H]1O[C@H](COP(=O)(O)OP(=O)(O)OP(=O)(O)O)[C@@H](O)[C@@]1(C)F.C[C@@]1(F)[C@H](O)[C@@H](COP(=O)(O)O)O[C@H]1n1ccc(=O)[nH]c1=O.C[C@@]1(F)[C@H](O)[C@@H](COP(=O)(O)OP(=O)(O)O)O[C@H]1n1ccc(=O)[nH]c1=O. The maximum absolute atomic E-state index is 15.0. The summed E-state index contributed by atoms with van der Waals surface area (Å²) >= 11 is 0. The van der Waals surface area contributed by atoms with Gasteiger partial charge in [-0.05, 0) is 20.8 Å². The molecule has 3 fully saturated rings. The predicted octanol–water partition coefficient (Wildman–Crippen LogP) is -3.06. The van der Waals surface area contributed by atoms with Crippen molar-refractivity contribution in [3.63, 3.8) is 0 Å². The second-order valence-electron chi connectivity index (χ2n) is 16.6. The Morgan fingerprint density at radius 1 is 0.564 bits per heavy atom. The molecule has 1 amide bonds. The zero-order chi connectivity index (χ0) is 59.7. The van der Waals surface area contributed by atoms with Gasteiger partial charge in [-0.3, -0.25) is 47.1 Å². The highest BCUT2D eigenvalue weighted by Gasteiger charge is 2.59. The molecule has 3 saturated heterocycles. The van der Waals surface area contributed by atoms with E-state index in [1.807, 2.05) is 9.97 Å². The van der Waals surface area contributed by atoms with Crippen LogP contribution in [0.5, 0.6) is 0 Å². The van der Waals surface area contributed by atoms with Gasteiger partial charge in [-0.15, -0.1) is 0 Å². The molecule has 444 valence electrons. The highest BCUT2D eigenvalue weighted by atomic mass is 31.3. The molecule has 0 spiro atoms. The summed E-state index contributed by atoms with van der Waals surface area (Å²) in [5.41, 5.74) is -11.0. The molecule has 2 aromatic rings. The lowest BCUT2D eigenvalue weighted by Gasteiger charge is -2.35. The van der Waals surface area contributed by atoms with Crippen LogP contribution in [-0.2, 0) is 72.9 Å². The number of aromatic nitrogens is 4. The van der Waals surface area contributed by atoms with E-state index in [0.717, 1.165) is 67.0 Å².